The van der Waals surface area contributed by atoms with E-state index in [1.165, 1.54) is 6.21 Å². The van der Waals surface area contributed by atoms with Gasteiger partial charge < -0.3 is 4.74 Å². The molecule has 7 nitrogen and oxygen atoms in total. The topological polar surface area (TPSA) is 88.1 Å². The Morgan fingerprint density at radius 2 is 1.60 bits per heavy atom. The molecular formula is C32H31Cl2N3O4S. The van der Waals surface area contributed by atoms with Crippen molar-refractivity contribution in [3.8, 4) is 5.75 Å². The van der Waals surface area contributed by atoms with Crippen molar-refractivity contribution < 1.29 is 17.9 Å². The van der Waals surface area contributed by atoms with Crippen molar-refractivity contribution in [2.75, 3.05) is 6.54 Å². The van der Waals surface area contributed by atoms with Crippen LogP contribution in [0.25, 0.3) is 0 Å². The highest BCUT2D eigenvalue weighted by Gasteiger charge is 2.30. The van der Waals surface area contributed by atoms with Crippen LogP contribution < -0.4 is 10.2 Å². The molecule has 1 N–H and O–H groups in total. The van der Waals surface area contributed by atoms with Gasteiger partial charge in [-0.3, -0.25) is 4.79 Å². The number of halogens is 2. The summed E-state index contributed by atoms with van der Waals surface area (Å²) in [6, 6.07) is 25.5. The largest absolute Gasteiger partial charge is 0.489 e. The van der Waals surface area contributed by atoms with E-state index in [-0.39, 0.29) is 11.4 Å². The number of benzene rings is 4. The van der Waals surface area contributed by atoms with Gasteiger partial charge in [0.25, 0.3) is 5.91 Å². The Morgan fingerprint density at radius 1 is 0.881 bits per heavy atom. The van der Waals surface area contributed by atoms with Crippen LogP contribution in [0.3, 0.4) is 0 Å². The summed E-state index contributed by atoms with van der Waals surface area (Å²) >= 11 is 12.2. The molecule has 0 spiro atoms. The number of rotatable bonds is 11. The Bertz CT molecular complexity index is 1690. The predicted octanol–water partition coefficient (Wildman–Crippen LogP) is 6.84. The molecule has 0 unspecified atom stereocenters. The van der Waals surface area contributed by atoms with Crippen molar-refractivity contribution in [2.24, 2.45) is 5.10 Å². The van der Waals surface area contributed by atoms with Gasteiger partial charge in [-0.25, -0.2) is 13.8 Å². The van der Waals surface area contributed by atoms with Crippen molar-refractivity contribution in [3.63, 3.8) is 0 Å². The number of hydrazone groups is 1. The zero-order valence-corrected chi connectivity index (χ0v) is 25.8. The standard InChI is InChI=1S/C32H31Cl2N3O4S/c1-22-14-23(2)32(24(3)15-22)42(39,40)37(19-27-12-13-29(33)30(34)17-27)20-31(38)36-35-18-26-10-7-11-28(16-26)41-21-25-8-5-4-6-9-25/h4-18H,19-21H2,1-3H3,(H,36,38)/b35-18+. The Kier molecular flexibility index (Phi) is 10.4. The van der Waals surface area contributed by atoms with E-state index in [9.17, 15) is 13.2 Å². The number of carbonyl (C=O) groups is 1. The third kappa shape index (κ3) is 8.20. The Balaban J connectivity index is 1.50. The van der Waals surface area contributed by atoms with Crippen molar-refractivity contribution in [1.82, 2.24) is 9.73 Å². The Morgan fingerprint density at radius 3 is 2.29 bits per heavy atom. The fourth-order valence-electron chi connectivity index (χ4n) is 4.57. The maximum atomic E-state index is 13.9. The quantitative estimate of drug-likeness (QED) is 0.146. The number of nitrogens with one attached hydrogen (secondary N) is 1. The maximum Gasteiger partial charge on any atom is 0.255 e. The van der Waals surface area contributed by atoms with Crippen LogP contribution in [-0.4, -0.2) is 31.4 Å². The van der Waals surface area contributed by atoms with Crippen molar-refractivity contribution >= 4 is 45.3 Å². The van der Waals surface area contributed by atoms with E-state index in [4.69, 9.17) is 27.9 Å². The molecule has 0 aliphatic heterocycles. The average Bonchev–Trinajstić information content (AvgIpc) is 2.93. The number of ether oxygens (including phenoxy) is 1. The van der Waals surface area contributed by atoms with Crippen molar-refractivity contribution in [1.29, 1.82) is 0 Å². The first-order valence-corrected chi connectivity index (χ1v) is 15.3. The lowest BCUT2D eigenvalue weighted by Crippen LogP contribution is -2.39. The normalized spacial score (nSPS) is 11.7. The smallest absolute Gasteiger partial charge is 0.255 e. The van der Waals surface area contributed by atoms with Crippen LogP contribution in [0.5, 0.6) is 5.75 Å². The lowest BCUT2D eigenvalue weighted by Gasteiger charge is -2.24. The van der Waals surface area contributed by atoms with Gasteiger partial charge in [0.15, 0.2) is 0 Å². The molecule has 0 radical (unpaired) electrons. The van der Waals surface area contributed by atoms with E-state index in [1.54, 1.807) is 50.2 Å². The lowest BCUT2D eigenvalue weighted by molar-refractivity contribution is -0.121. The van der Waals surface area contributed by atoms with Crippen molar-refractivity contribution in [2.45, 2.75) is 38.8 Å². The van der Waals surface area contributed by atoms with Gasteiger partial charge in [0.2, 0.25) is 10.0 Å². The molecule has 4 aromatic rings. The molecule has 0 saturated heterocycles. The van der Waals surface area contributed by atoms with Gasteiger partial charge in [-0.1, -0.05) is 89.4 Å². The molecule has 0 heterocycles. The van der Waals surface area contributed by atoms with Crippen molar-refractivity contribution in [3.05, 3.63) is 128 Å². The Hall–Kier alpha value is -3.69. The molecule has 0 bridgehead atoms. The highest BCUT2D eigenvalue weighted by molar-refractivity contribution is 7.89. The summed E-state index contributed by atoms with van der Waals surface area (Å²) in [5.74, 6) is 0.0469. The zero-order chi connectivity index (χ0) is 30.3. The van der Waals surface area contributed by atoms with Crippen LogP contribution in [-0.2, 0) is 28.0 Å². The van der Waals surface area contributed by atoms with Gasteiger partial charge in [0.05, 0.1) is 27.7 Å². The van der Waals surface area contributed by atoms with Crippen LogP contribution >= 0.6 is 23.2 Å². The Labute approximate surface area is 256 Å². The second-order valence-corrected chi connectivity index (χ2v) is 12.6. The highest BCUT2D eigenvalue weighted by atomic mass is 35.5. The molecule has 0 saturated carbocycles. The molecule has 1 amide bonds. The van der Waals surface area contributed by atoms with Gasteiger partial charge in [-0.15, -0.1) is 0 Å². The van der Waals surface area contributed by atoms with E-state index in [0.29, 0.717) is 44.7 Å². The van der Waals surface area contributed by atoms with Gasteiger partial charge in [0.1, 0.15) is 12.4 Å². The predicted molar refractivity (Wildman–Crippen MR) is 168 cm³/mol. The summed E-state index contributed by atoms with van der Waals surface area (Å²) in [5.41, 5.74) is 6.91. The summed E-state index contributed by atoms with van der Waals surface area (Å²) in [7, 11) is -4.08. The van der Waals surface area contributed by atoms with Gasteiger partial charge in [-0.2, -0.15) is 9.41 Å². The number of nitrogens with zero attached hydrogens (tertiary/aromatic N) is 2. The van der Waals surface area contributed by atoms with Gasteiger partial charge in [-0.05, 0) is 72.9 Å². The monoisotopic (exact) mass is 623 g/mol. The number of carbonyl (C=O) groups excluding carboxylic acids is 1. The maximum absolute atomic E-state index is 13.9. The summed E-state index contributed by atoms with van der Waals surface area (Å²) in [6.45, 7) is 5.25. The molecule has 0 aromatic heterocycles. The minimum atomic E-state index is -4.08. The molecule has 218 valence electrons. The summed E-state index contributed by atoms with van der Waals surface area (Å²) in [4.78, 5) is 13.1. The third-order valence-electron chi connectivity index (χ3n) is 6.37. The molecule has 10 heteroatoms. The number of amides is 1. The van der Waals surface area contributed by atoms with E-state index < -0.39 is 22.5 Å². The SMILES string of the molecule is Cc1cc(C)c(S(=O)(=O)N(CC(=O)N/N=C/c2cccc(OCc3ccccc3)c2)Cc2ccc(Cl)c(Cl)c2)c(C)c1. The van der Waals surface area contributed by atoms with Crippen LogP contribution in [0.1, 0.15) is 33.4 Å². The molecular weight excluding hydrogens is 593 g/mol. The fourth-order valence-corrected chi connectivity index (χ4v) is 6.69. The number of hydrogen-bond donors (Lipinski definition) is 1. The van der Waals surface area contributed by atoms with Crippen LogP contribution in [0, 0.1) is 20.8 Å². The lowest BCUT2D eigenvalue weighted by atomic mass is 10.1. The van der Waals surface area contributed by atoms with Crippen LogP contribution in [0.2, 0.25) is 10.0 Å². The second-order valence-electron chi connectivity index (χ2n) is 9.89. The summed E-state index contributed by atoms with van der Waals surface area (Å²) < 4.78 is 34.8. The zero-order valence-electron chi connectivity index (χ0n) is 23.5. The molecule has 0 fully saturated rings. The average molecular weight is 625 g/mol. The third-order valence-corrected chi connectivity index (χ3v) is 9.21. The van der Waals surface area contributed by atoms with Crippen LogP contribution in [0.15, 0.2) is 94.9 Å². The van der Waals surface area contributed by atoms with Crippen LogP contribution in [0.4, 0.5) is 0 Å². The first kappa shape index (κ1) is 31.3. The summed E-state index contributed by atoms with van der Waals surface area (Å²) in [6.07, 6.45) is 1.47. The first-order chi connectivity index (χ1) is 20.0. The van der Waals surface area contributed by atoms with E-state index >= 15 is 0 Å². The first-order valence-electron chi connectivity index (χ1n) is 13.1. The number of aryl methyl sites for hydroxylation is 3. The van der Waals surface area contributed by atoms with E-state index in [2.05, 4.69) is 10.5 Å². The molecule has 0 aliphatic rings. The second kappa shape index (κ2) is 14.0. The summed E-state index contributed by atoms with van der Waals surface area (Å²) in [5, 5.41) is 4.69. The number of hydrogen-bond acceptors (Lipinski definition) is 5. The number of sulfonamides is 1. The molecule has 4 aromatic carbocycles. The molecule has 0 aliphatic carbocycles. The van der Waals surface area contributed by atoms with Gasteiger partial charge in [0, 0.05) is 6.54 Å². The molecule has 0 atom stereocenters. The fraction of sp³-hybridized carbons (Fsp3) is 0.188. The van der Waals surface area contributed by atoms with E-state index in [0.717, 1.165) is 15.4 Å². The van der Waals surface area contributed by atoms with E-state index in [1.807, 2.05) is 55.5 Å². The highest BCUT2D eigenvalue weighted by Crippen LogP contribution is 2.28. The minimum Gasteiger partial charge on any atom is -0.489 e. The minimum absolute atomic E-state index is 0.0933. The molecule has 42 heavy (non-hydrogen) atoms. The molecule has 4 rings (SSSR count). The van der Waals surface area contributed by atoms with Gasteiger partial charge >= 0.3 is 0 Å².